The van der Waals surface area contributed by atoms with Crippen LogP contribution in [-0.2, 0) is 11.8 Å². The van der Waals surface area contributed by atoms with Gasteiger partial charge in [-0.3, -0.25) is 15.4 Å². The maximum Gasteiger partial charge on any atom is 0.342 e. The Morgan fingerprint density at radius 3 is 2.67 bits per heavy atom. The third-order valence-corrected chi connectivity index (χ3v) is 3.18. The molecule has 110 valence electrons. The van der Waals surface area contributed by atoms with Crippen molar-refractivity contribution in [3.8, 4) is 11.3 Å². The topological polar surface area (TPSA) is 76.4 Å². The SMILES string of the molecule is CCOC(=O)c1c(-c2ccccc2)nn(C)c1C(=S)NO. The molecule has 6 nitrogen and oxygen atoms in total. The highest BCUT2D eigenvalue weighted by Crippen LogP contribution is 2.26. The number of hydrogen-bond acceptors (Lipinski definition) is 5. The van der Waals surface area contributed by atoms with Crippen molar-refractivity contribution in [3.05, 3.63) is 41.6 Å². The van der Waals surface area contributed by atoms with Crippen LogP contribution in [0.4, 0.5) is 0 Å². The van der Waals surface area contributed by atoms with E-state index in [1.807, 2.05) is 35.8 Å². The van der Waals surface area contributed by atoms with E-state index in [2.05, 4.69) is 5.10 Å². The quantitative estimate of drug-likeness (QED) is 0.510. The number of thiocarbonyl (C=S) groups is 1. The van der Waals surface area contributed by atoms with Gasteiger partial charge in [0.1, 0.15) is 21.9 Å². The third-order valence-electron chi connectivity index (χ3n) is 2.89. The smallest absolute Gasteiger partial charge is 0.342 e. The van der Waals surface area contributed by atoms with Gasteiger partial charge in [0.05, 0.1) is 6.61 Å². The van der Waals surface area contributed by atoms with Crippen LogP contribution in [-0.4, -0.2) is 32.6 Å². The van der Waals surface area contributed by atoms with Crippen LogP contribution >= 0.6 is 12.2 Å². The number of carbonyl (C=O) groups excluding carboxylic acids is 1. The minimum Gasteiger partial charge on any atom is -0.462 e. The summed E-state index contributed by atoms with van der Waals surface area (Å²) in [5, 5.41) is 13.4. The lowest BCUT2D eigenvalue weighted by atomic mass is 10.1. The zero-order valence-electron chi connectivity index (χ0n) is 11.7. The molecule has 0 amide bonds. The third kappa shape index (κ3) is 2.93. The van der Waals surface area contributed by atoms with Crippen molar-refractivity contribution in [2.75, 3.05) is 6.61 Å². The first-order valence-electron chi connectivity index (χ1n) is 6.34. The van der Waals surface area contributed by atoms with Gasteiger partial charge in [-0.25, -0.2) is 4.79 Å². The minimum atomic E-state index is -0.531. The van der Waals surface area contributed by atoms with Gasteiger partial charge in [-0.1, -0.05) is 42.5 Å². The summed E-state index contributed by atoms with van der Waals surface area (Å²) >= 11 is 5.03. The highest BCUT2D eigenvalue weighted by molar-refractivity contribution is 7.80. The maximum atomic E-state index is 12.2. The van der Waals surface area contributed by atoms with Crippen LogP contribution in [0, 0.1) is 0 Å². The molecule has 0 spiro atoms. The lowest BCUT2D eigenvalue weighted by Gasteiger charge is -2.07. The van der Waals surface area contributed by atoms with Gasteiger partial charge in [0.15, 0.2) is 0 Å². The van der Waals surface area contributed by atoms with E-state index < -0.39 is 5.97 Å². The van der Waals surface area contributed by atoms with Crippen LogP contribution < -0.4 is 5.48 Å². The number of benzene rings is 1. The Morgan fingerprint density at radius 1 is 1.43 bits per heavy atom. The fourth-order valence-corrected chi connectivity index (χ4v) is 2.27. The van der Waals surface area contributed by atoms with Gasteiger partial charge in [-0.05, 0) is 6.92 Å². The summed E-state index contributed by atoms with van der Waals surface area (Å²) in [5.74, 6) is -0.531. The average molecular weight is 305 g/mol. The number of nitrogens with one attached hydrogen (secondary N) is 1. The summed E-state index contributed by atoms with van der Waals surface area (Å²) in [6.45, 7) is 1.96. The molecular weight excluding hydrogens is 290 g/mol. The summed E-state index contributed by atoms with van der Waals surface area (Å²) in [6.07, 6.45) is 0. The van der Waals surface area contributed by atoms with E-state index in [0.717, 1.165) is 5.56 Å². The minimum absolute atomic E-state index is 0.00948. The summed E-state index contributed by atoms with van der Waals surface area (Å²) in [7, 11) is 1.65. The zero-order valence-corrected chi connectivity index (χ0v) is 12.5. The molecule has 2 rings (SSSR count). The van der Waals surface area contributed by atoms with Gasteiger partial charge in [0.25, 0.3) is 0 Å². The van der Waals surface area contributed by atoms with Crippen molar-refractivity contribution in [1.29, 1.82) is 0 Å². The van der Waals surface area contributed by atoms with Crippen LogP contribution in [0.5, 0.6) is 0 Å². The molecule has 0 atom stereocenters. The number of ether oxygens (including phenoxy) is 1. The molecule has 0 saturated heterocycles. The molecule has 0 saturated carbocycles. The van der Waals surface area contributed by atoms with Crippen molar-refractivity contribution in [2.24, 2.45) is 7.05 Å². The second kappa shape index (κ2) is 6.47. The number of aromatic nitrogens is 2. The first kappa shape index (κ1) is 15.1. The number of aryl methyl sites for hydroxylation is 1. The van der Waals surface area contributed by atoms with Gasteiger partial charge in [-0.2, -0.15) is 5.10 Å². The molecule has 0 bridgehead atoms. The fourth-order valence-electron chi connectivity index (χ4n) is 2.03. The Morgan fingerprint density at radius 2 is 2.10 bits per heavy atom. The van der Waals surface area contributed by atoms with Crippen molar-refractivity contribution in [3.63, 3.8) is 0 Å². The Hall–Kier alpha value is -2.25. The Kier molecular flexibility index (Phi) is 4.66. The lowest BCUT2D eigenvalue weighted by molar-refractivity contribution is 0.0527. The second-order valence-electron chi connectivity index (χ2n) is 4.22. The number of nitrogens with zero attached hydrogens (tertiary/aromatic N) is 2. The Balaban J connectivity index is 2.66. The van der Waals surface area contributed by atoms with Crippen molar-refractivity contribution >= 4 is 23.2 Å². The van der Waals surface area contributed by atoms with Gasteiger partial charge in [0, 0.05) is 12.6 Å². The monoisotopic (exact) mass is 305 g/mol. The highest BCUT2D eigenvalue weighted by Gasteiger charge is 2.26. The molecule has 2 N–H and O–H groups in total. The number of esters is 1. The molecule has 0 aliphatic rings. The number of hydrogen-bond donors (Lipinski definition) is 2. The maximum absolute atomic E-state index is 12.2. The van der Waals surface area contributed by atoms with Crippen LogP contribution in [0.15, 0.2) is 30.3 Å². The molecule has 0 aliphatic carbocycles. The summed E-state index contributed by atoms with van der Waals surface area (Å²) in [5.41, 5.74) is 3.66. The van der Waals surface area contributed by atoms with Gasteiger partial charge < -0.3 is 4.74 Å². The molecule has 1 aromatic heterocycles. The van der Waals surface area contributed by atoms with E-state index in [-0.39, 0.29) is 17.2 Å². The predicted molar refractivity (Wildman–Crippen MR) is 81.2 cm³/mol. The van der Waals surface area contributed by atoms with E-state index in [9.17, 15) is 4.79 Å². The van der Waals surface area contributed by atoms with E-state index in [4.69, 9.17) is 22.2 Å². The fraction of sp³-hybridized carbons (Fsp3) is 0.214. The largest absolute Gasteiger partial charge is 0.462 e. The summed E-state index contributed by atoms with van der Waals surface area (Å²) in [6, 6.07) is 9.24. The van der Waals surface area contributed by atoms with Crippen molar-refractivity contribution in [1.82, 2.24) is 15.3 Å². The Bertz CT molecular complexity index is 668. The van der Waals surface area contributed by atoms with Gasteiger partial charge >= 0.3 is 5.97 Å². The van der Waals surface area contributed by atoms with Crippen LogP contribution in [0.25, 0.3) is 11.3 Å². The first-order chi connectivity index (χ1) is 10.1. The van der Waals surface area contributed by atoms with Crippen LogP contribution in [0.1, 0.15) is 23.0 Å². The predicted octanol–water partition coefficient (Wildman–Crippen LogP) is 1.92. The molecule has 21 heavy (non-hydrogen) atoms. The average Bonchev–Trinajstić information content (AvgIpc) is 2.85. The highest BCUT2D eigenvalue weighted by atomic mass is 32.1. The molecule has 1 aromatic carbocycles. The lowest BCUT2D eigenvalue weighted by Crippen LogP contribution is -2.23. The molecule has 0 aliphatic heterocycles. The summed E-state index contributed by atoms with van der Waals surface area (Å²) < 4.78 is 6.52. The standard InChI is InChI=1S/C14H15N3O3S/c1-3-20-14(18)10-11(9-7-5-4-6-8-9)15-17(2)12(10)13(21)16-19/h4-8,19H,3H2,1-2H3,(H,16,21). The van der Waals surface area contributed by atoms with Crippen LogP contribution in [0.2, 0.25) is 0 Å². The number of hydroxylamine groups is 1. The van der Waals surface area contributed by atoms with Crippen LogP contribution in [0.3, 0.4) is 0 Å². The molecule has 7 heteroatoms. The number of carbonyl (C=O) groups is 1. The van der Waals surface area contributed by atoms with Gasteiger partial charge in [0.2, 0.25) is 0 Å². The number of rotatable bonds is 4. The van der Waals surface area contributed by atoms with Gasteiger partial charge in [-0.15, -0.1) is 0 Å². The molecular formula is C14H15N3O3S. The van der Waals surface area contributed by atoms with E-state index >= 15 is 0 Å². The summed E-state index contributed by atoms with van der Waals surface area (Å²) in [4.78, 5) is 12.3. The second-order valence-corrected chi connectivity index (χ2v) is 4.63. The van der Waals surface area contributed by atoms with E-state index in [0.29, 0.717) is 11.4 Å². The van der Waals surface area contributed by atoms with Crippen molar-refractivity contribution < 1.29 is 14.7 Å². The van der Waals surface area contributed by atoms with E-state index in [1.165, 1.54) is 4.68 Å². The zero-order chi connectivity index (χ0) is 15.4. The molecule has 2 aromatic rings. The Labute approximate surface area is 127 Å². The molecule has 1 heterocycles. The van der Waals surface area contributed by atoms with E-state index in [1.54, 1.807) is 14.0 Å². The molecule has 0 fully saturated rings. The molecule has 0 unspecified atom stereocenters. The normalized spacial score (nSPS) is 10.2. The van der Waals surface area contributed by atoms with Crippen molar-refractivity contribution in [2.45, 2.75) is 6.92 Å². The molecule has 0 radical (unpaired) electrons. The first-order valence-corrected chi connectivity index (χ1v) is 6.75.